The SMILES string of the molecule is COCCn1c(CO)nnc1C1CC(NC(=O)c2ccc(O)cc2C)C1. The molecule has 1 aliphatic rings. The third-order valence-electron chi connectivity index (χ3n) is 4.81. The maximum atomic E-state index is 12.4. The van der Waals surface area contributed by atoms with Crippen molar-refractivity contribution in [3.63, 3.8) is 0 Å². The van der Waals surface area contributed by atoms with E-state index in [4.69, 9.17) is 4.74 Å². The highest BCUT2D eigenvalue weighted by atomic mass is 16.5. The standard InChI is InChI=1S/C18H24N4O4/c1-11-7-14(24)3-4-15(11)18(25)19-13-8-12(9-13)17-21-20-16(10-23)22(17)5-6-26-2/h3-4,7,12-13,23-24H,5-6,8-10H2,1-2H3,(H,19,25). The summed E-state index contributed by atoms with van der Waals surface area (Å²) in [6, 6.07) is 4.80. The van der Waals surface area contributed by atoms with E-state index in [2.05, 4.69) is 15.5 Å². The van der Waals surface area contributed by atoms with Gasteiger partial charge in [0.15, 0.2) is 5.82 Å². The van der Waals surface area contributed by atoms with Crippen molar-refractivity contribution in [3.05, 3.63) is 41.0 Å². The van der Waals surface area contributed by atoms with Crippen LogP contribution in [0.1, 0.15) is 46.3 Å². The van der Waals surface area contributed by atoms with Crippen molar-refractivity contribution in [1.82, 2.24) is 20.1 Å². The lowest BCUT2D eigenvalue weighted by atomic mass is 9.79. The van der Waals surface area contributed by atoms with Gasteiger partial charge in [0.2, 0.25) is 0 Å². The van der Waals surface area contributed by atoms with E-state index in [-0.39, 0.29) is 30.2 Å². The zero-order valence-electron chi connectivity index (χ0n) is 15.0. The van der Waals surface area contributed by atoms with E-state index < -0.39 is 0 Å². The number of aromatic nitrogens is 3. The van der Waals surface area contributed by atoms with Crippen LogP contribution in [0.5, 0.6) is 5.75 Å². The first-order valence-electron chi connectivity index (χ1n) is 8.65. The number of nitrogens with zero attached hydrogens (tertiary/aromatic N) is 3. The fourth-order valence-electron chi connectivity index (χ4n) is 3.31. The molecule has 1 fully saturated rings. The first-order valence-corrected chi connectivity index (χ1v) is 8.65. The van der Waals surface area contributed by atoms with E-state index in [0.29, 0.717) is 24.5 Å². The fraction of sp³-hybridized carbons (Fsp3) is 0.500. The van der Waals surface area contributed by atoms with Crippen LogP contribution in [0.3, 0.4) is 0 Å². The number of nitrogens with one attached hydrogen (secondary N) is 1. The summed E-state index contributed by atoms with van der Waals surface area (Å²) >= 11 is 0. The number of phenols is 1. The molecule has 140 valence electrons. The average Bonchev–Trinajstić information content (AvgIpc) is 2.97. The number of methoxy groups -OCH3 is 1. The highest BCUT2D eigenvalue weighted by Gasteiger charge is 2.35. The van der Waals surface area contributed by atoms with Crippen molar-refractivity contribution < 1.29 is 19.7 Å². The van der Waals surface area contributed by atoms with E-state index >= 15 is 0 Å². The Morgan fingerprint density at radius 3 is 2.81 bits per heavy atom. The molecule has 3 rings (SSSR count). The van der Waals surface area contributed by atoms with E-state index in [1.165, 1.54) is 6.07 Å². The number of aryl methyl sites for hydroxylation is 1. The minimum Gasteiger partial charge on any atom is -0.508 e. The molecule has 0 saturated heterocycles. The lowest BCUT2D eigenvalue weighted by Gasteiger charge is -2.35. The largest absolute Gasteiger partial charge is 0.508 e. The summed E-state index contributed by atoms with van der Waals surface area (Å²) < 4.78 is 7.01. The van der Waals surface area contributed by atoms with Gasteiger partial charge in [0, 0.05) is 31.2 Å². The fourth-order valence-corrected chi connectivity index (χ4v) is 3.31. The van der Waals surface area contributed by atoms with E-state index in [1.54, 1.807) is 26.2 Å². The van der Waals surface area contributed by atoms with Crippen molar-refractivity contribution in [2.24, 2.45) is 0 Å². The molecule has 8 nitrogen and oxygen atoms in total. The second-order valence-electron chi connectivity index (χ2n) is 6.61. The number of hydrogen-bond acceptors (Lipinski definition) is 6. The van der Waals surface area contributed by atoms with Gasteiger partial charge >= 0.3 is 0 Å². The molecule has 0 aliphatic heterocycles. The predicted molar refractivity (Wildman–Crippen MR) is 93.9 cm³/mol. The van der Waals surface area contributed by atoms with Crippen LogP contribution in [-0.2, 0) is 17.9 Å². The van der Waals surface area contributed by atoms with Crippen LogP contribution < -0.4 is 5.32 Å². The van der Waals surface area contributed by atoms with E-state index in [0.717, 1.165) is 24.2 Å². The van der Waals surface area contributed by atoms with E-state index in [9.17, 15) is 15.0 Å². The molecule has 0 unspecified atom stereocenters. The second kappa shape index (κ2) is 7.84. The first-order chi connectivity index (χ1) is 12.5. The molecule has 2 aromatic rings. The summed E-state index contributed by atoms with van der Waals surface area (Å²) in [7, 11) is 1.63. The van der Waals surface area contributed by atoms with Crippen LogP contribution in [0.2, 0.25) is 0 Å². The third kappa shape index (κ3) is 3.71. The van der Waals surface area contributed by atoms with Crippen molar-refractivity contribution >= 4 is 5.91 Å². The van der Waals surface area contributed by atoms with Gasteiger partial charge in [-0.05, 0) is 43.5 Å². The monoisotopic (exact) mass is 360 g/mol. The van der Waals surface area contributed by atoms with Gasteiger partial charge in [-0.1, -0.05) is 0 Å². The van der Waals surface area contributed by atoms with Crippen molar-refractivity contribution in [3.8, 4) is 5.75 Å². The van der Waals surface area contributed by atoms with Crippen molar-refractivity contribution in [1.29, 1.82) is 0 Å². The summed E-state index contributed by atoms with van der Waals surface area (Å²) in [6.45, 7) is 2.75. The van der Waals surface area contributed by atoms with Crippen LogP contribution in [-0.4, -0.2) is 50.6 Å². The van der Waals surface area contributed by atoms with Gasteiger partial charge in [-0.25, -0.2) is 0 Å². The first kappa shape index (κ1) is 18.3. The Kier molecular flexibility index (Phi) is 5.53. The number of phenolic OH excluding ortho intramolecular Hbond substituents is 1. The smallest absolute Gasteiger partial charge is 0.251 e. The highest BCUT2D eigenvalue weighted by Crippen LogP contribution is 2.36. The lowest BCUT2D eigenvalue weighted by molar-refractivity contribution is 0.0905. The Bertz CT molecular complexity index is 783. The Labute approximate surface area is 151 Å². The summed E-state index contributed by atoms with van der Waals surface area (Å²) in [6.07, 6.45) is 1.55. The topological polar surface area (TPSA) is 110 Å². The van der Waals surface area contributed by atoms with Gasteiger partial charge in [0.25, 0.3) is 5.91 Å². The maximum absolute atomic E-state index is 12.4. The van der Waals surface area contributed by atoms with Crippen LogP contribution >= 0.6 is 0 Å². The number of aliphatic hydroxyl groups excluding tert-OH is 1. The number of carbonyl (C=O) groups is 1. The normalized spacial score (nSPS) is 19.2. The molecule has 8 heteroatoms. The summed E-state index contributed by atoms with van der Waals surface area (Å²) in [5, 5.41) is 30.1. The molecular formula is C18H24N4O4. The highest BCUT2D eigenvalue weighted by molar-refractivity contribution is 5.96. The Morgan fingerprint density at radius 1 is 1.38 bits per heavy atom. The molecule has 0 bridgehead atoms. The molecule has 26 heavy (non-hydrogen) atoms. The zero-order chi connectivity index (χ0) is 18.7. The Morgan fingerprint density at radius 2 is 2.15 bits per heavy atom. The predicted octanol–water partition coefficient (Wildman–Crippen LogP) is 1.11. The number of benzene rings is 1. The number of carbonyl (C=O) groups excluding carboxylic acids is 1. The number of rotatable bonds is 7. The van der Waals surface area contributed by atoms with Crippen LogP contribution in [0.15, 0.2) is 18.2 Å². The van der Waals surface area contributed by atoms with Gasteiger partial charge in [-0.15, -0.1) is 10.2 Å². The molecular weight excluding hydrogens is 336 g/mol. The quantitative estimate of drug-likeness (QED) is 0.682. The second-order valence-corrected chi connectivity index (χ2v) is 6.61. The molecule has 3 N–H and O–H groups in total. The lowest BCUT2D eigenvalue weighted by Crippen LogP contribution is -2.44. The van der Waals surface area contributed by atoms with Gasteiger partial charge in [-0.3, -0.25) is 4.79 Å². The van der Waals surface area contributed by atoms with Gasteiger partial charge in [0.1, 0.15) is 18.2 Å². The summed E-state index contributed by atoms with van der Waals surface area (Å²) in [4.78, 5) is 12.4. The van der Waals surface area contributed by atoms with Gasteiger partial charge < -0.3 is 24.8 Å². The van der Waals surface area contributed by atoms with Gasteiger partial charge in [0.05, 0.1) is 6.61 Å². The molecule has 0 atom stereocenters. The van der Waals surface area contributed by atoms with Gasteiger partial charge in [-0.2, -0.15) is 0 Å². The molecule has 0 spiro atoms. The molecule has 0 radical (unpaired) electrons. The zero-order valence-corrected chi connectivity index (χ0v) is 15.0. The van der Waals surface area contributed by atoms with Crippen molar-refractivity contribution in [2.75, 3.05) is 13.7 Å². The average molecular weight is 360 g/mol. The molecule has 1 heterocycles. The molecule has 1 aromatic carbocycles. The molecule has 1 saturated carbocycles. The third-order valence-corrected chi connectivity index (χ3v) is 4.81. The number of ether oxygens (including phenoxy) is 1. The summed E-state index contributed by atoms with van der Waals surface area (Å²) in [5.41, 5.74) is 1.31. The minimum absolute atomic E-state index is 0.0749. The number of hydrogen-bond donors (Lipinski definition) is 3. The Balaban J connectivity index is 1.60. The molecule has 1 aliphatic carbocycles. The number of aromatic hydroxyl groups is 1. The maximum Gasteiger partial charge on any atom is 0.251 e. The number of amides is 1. The molecule has 1 amide bonds. The van der Waals surface area contributed by atoms with Crippen molar-refractivity contribution in [2.45, 2.75) is 44.9 Å². The van der Waals surface area contributed by atoms with E-state index in [1.807, 2.05) is 4.57 Å². The Hall–Kier alpha value is -2.45. The minimum atomic E-state index is -0.163. The van der Waals surface area contributed by atoms with Crippen LogP contribution in [0.4, 0.5) is 0 Å². The van der Waals surface area contributed by atoms with Crippen LogP contribution in [0.25, 0.3) is 0 Å². The summed E-state index contributed by atoms with van der Waals surface area (Å²) in [5.74, 6) is 1.58. The number of aliphatic hydroxyl groups is 1. The molecule has 1 aromatic heterocycles. The van der Waals surface area contributed by atoms with Crippen LogP contribution in [0, 0.1) is 6.92 Å².